The van der Waals surface area contributed by atoms with Crippen molar-refractivity contribution in [2.45, 2.75) is 26.7 Å². The smallest absolute Gasteiger partial charge is 0.236 e. The van der Waals surface area contributed by atoms with Gasteiger partial charge in [-0.1, -0.05) is 12.1 Å². The Morgan fingerprint density at radius 1 is 0.828 bits per heavy atom. The van der Waals surface area contributed by atoms with Crippen LogP contribution in [0.2, 0.25) is 0 Å². The van der Waals surface area contributed by atoms with E-state index in [4.69, 9.17) is 4.74 Å². The van der Waals surface area contributed by atoms with E-state index < -0.39 is 0 Å². The molecular weight excluding hydrogens is 370 g/mol. The fraction of sp³-hybridized carbons (Fsp3) is 0.591. The molecule has 1 aromatic carbocycles. The molecule has 2 heterocycles. The Hall–Kier alpha value is -2.25. The molecule has 7 heteroatoms. The molecule has 0 radical (unpaired) electrons. The number of carbonyl (C=O) groups excluding carboxylic acids is 3. The molecule has 2 aliphatic heterocycles. The van der Waals surface area contributed by atoms with Crippen LogP contribution in [0.5, 0.6) is 0 Å². The first-order valence-corrected chi connectivity index (χ1v) is 10.4. The standard InChI is InChI=1S/C22H31N3O4/c1-17-3-4-19(15-18(17)2)20(26)5-6-21(27)24-7-9-25(10-8-24)22(28)16-23-11-13-29-14-12-23/h3-4,15H,5-14,16H2,1-2H3. The Labute approximate surface area is 172 Å². The van der Waals surface area contributed by atoms with E-state index in [1.165, 1.54) is 0 Å². The summed E-state index contributed by atoms with van der Waals surface area (Å²) in [6, 6.07) is 5.66. The van der Waals surface area contributed by atoms with Gasteiger partial charge in [0.05, 0.1) is 19.8 Å². The van der Waals surface area contributed by atoms with Crippen LogP contribution in [-0.2, 0) is 14.3 Å². The van der Waals surface area contributed by atoms with E-state index in [1.54, 1.807) is 4.90 Å². The number of nitrogens with zero attached hydrogens (tertiary/aromatic N) is 3. The summed E-state index contributed by atoms with van der Waals surface area (Å²) in [6.07, 6.45) is 0.436. The molecule has 0 saturated carbocycles. The molecular formula is C22H31N3O4. The van der Waals surface area contributed by atoms with Crippen LogP contribution < -0.4 is 0 Å². The largest absolute Gasteiger partial charge is 0.379 e. The lowest BCUT2D eigenvalue weighted by Crippen LogP contribution is -2.53. The second-order valence-corrected chi connectivity index (χ2v) is 7.87. The predicted molar refractivity (Wildman–Crippen MR) is 110 cm³/mol. The van der Waals surface area contributed by atoms with E-state index in [2.05, 4.69) is 4.90 Å². The lowest BCUT2D eigenvalue weighted by Gasteiger charge is -2.36. The molecule has 29 heavy (non-hydrogen) atoms. The van der Waals surface area contributed by atoms with Crippen LogP contribution in [0.1, 0.15) is 34.3 Å². The molecule has 158 valence electrons. The van der Waals surface area contributed by atoms with Crippen molar-refractivity contribution >= 4 is 17.6 Å². The van der Waals surface area contributed by atoms with Gasteiger partial charge in [0, 0.05) is 57.7 Å². The third-order valence-corrected chi connectivity index (χ3v) is 5.84. The monoisotopic (exact) mass is 401 g/mol. The molecule has 1 aromatic rings. The third-order valence-electron chi connectivity index (χ3n) is 5.84. The van der Waals surface area contributed by atoms with E-state index >= 15 is 0 Å². The molecule has 2 fully saturated rings. The fourth-order valence-electron chi connectivity index (χ4n) is 3.69. The first-order chi connectivity index (χ1) is 13.9. The number of Topliss-reactive ketones (excluding diaryl/α,β-unsaturated/α-hetero) is 1. The van der Waals surface area contributed by atoms with Crippen LogP contribution in [0.3, 0.4) is 0 Å². The van der Waals surface area contributed by atoms with Gasteiger partial charge in [0.1, 0.15) is 0 Å². The summed E-state index contributed by atoms with van der Waals surface area (Å²) >= 11 is 0. The van der Waals surface area contributed by atoms with Crippen LogP contribution in [0.4, 0.5) is 0 Å². The lowest BCUT2D eigenvalue weighted by atomic mass is 10.0. The maximum Gasteiger partial charge on any atom is 0.236 e. The van der Waals surface area contributed by atoms with Gasteiger partial charge in [-0.05, 0) is 31.0 Å². The van der Waals surface area contributed by atoms with Crippen molar-refractivity contribution in [1.82, 2.24) is 14.7 Å². The summed E-state index contributed by atoms with van der Waals surface area (Å²) in [6.45, 7) is 9.53. The van der Waals surface area contributed by atoms with Crippen LogP contribution in [0.25, 0.3) is 0 Å². The molecule has 0 aromatic heterocycles. The number of hydrogen-bond donors (Lipinski definition) is 0. The minimum absolute atomic E-state index is 0.000717. The molecule has 0 atom stereocenters. The molecule has 2 aliphatic rings. The molecule has 2 amide bonds. The van der Waals surface area contributed by atoms with Gasteiger partial charge in [0.15, 0.2) is 5.78 Å². The number of amides is 2. The van der Waals surface area contributed by atoms with Crippen molar-refractivity contribution in [3.8, 4) is 0 Å². The van der Waals surface area contributed by atoms with Gasteiger partial charge in [-0.3, -0.25) is 19.3 Å². The first kappa shape index (κ1) is 21.5. The Bertz CT molecular complexity index is 750. The average molecular weight is 402 g/mol. The summed E-state index contributed by atoms with van der Waals surface area (Å²) in [7, 11) is 0. The van der Waals surface area contributed by atoms with Crippen molar-refractivity contribution in [2.24, 2.45) is 0 Å². The van der Waals surface area contributed by atoms with E-state index in [-0.39, 0.29) is 30.4 Å². The maximum atomic E-state index is 12.5. The zero-order chi connectivity index (χ0) is 20.8. The highest BCUT2D eigenvalue weighted by Gasteiger charge is 2.26. The Kier molecular flexibility index (Phi) is 7.39. The van der Waals surface area contributed by atoms with Gasteiger partial charge >= 0.3 is 0 Å². The molecule has 0 unspecified atom stereocenters. The highest BCUT2D eigenvalue weighted by Crippen LogP contribution is 2.14. The molecule has 0 aliphatic carbocycles. The Morgan fingerprint density at radius 2 is 1.45 bits per heavy atom. The number of carbonyl (C=O) groups is 3. The van der Waals surface area contributed by atoms with Gasteiger partial charge in [-0.15, -0.1) is 0 Å². The van der Waals surface area contributed by atoms with Crippen molar-refractivity contribution in [3.63, 3.8) is 0 Å². The number of ketones is 1. The van der Waals surface area contributed by atoms with Crippen molar-refractivity contribution in [2.75, 3.05) is 59.0 Å². The number of aryl methyl sites for hydroxylation is 2. The van der Waals surface area contributed by atoms with E-state index in [0.29, 0.717) is 51.5 Å². The highest BCUT2D eigenvalue weighted by atomic mass is 16.5. The number of hydrogen-bond acceptors (Lipinski definition) is 5. The second kappa shape index (κ2) is 9.98. The zero-order valence-corrected chi connectivity index (χ0v) is 17.5. The SMILES string of the molecule is Cc1ccc(C(=O)CCC(=O)N2CCN(C(=O)CN3CCOCC3)CC2)cc1C. The van der Waals surface area contributed by atoms with Gasteiger partial charge in [0.2, 0.25) is 11.8 Å². The Morgan fingerprint density at radius 3 is 2.07 bits per heavy atom. The van der Waals surface area contributed by atoms with E-state index in [9.17, 15) is 14.4 Å². The number of ether oxygens (including phenoxy) is 1. The minimum Gasteiger partial charge on any atom is -0.379 e. The van der Waals surface area contributed by atoms with E-state index in [1.807, 2.05) is 36.9 Å². The number of morpholine rings is 1. The van der Waals surface area contributed by atoms with Crippen molar-refractivity contribution < 1.29 is 19.1 Å². The van der Waals surface area contributed by atoms with Crippen molar-refractivity contribution in [1.29, 1.82) is 0 Å². The van der Waals surface area contributed by atoms with Gasteiger partial charge in [-0.25, -0.2) is 0 Å². The van der Waals surface area contributed by atoms with Crippen LogP contribution >= 0.6 is 0 Å². The molecule has 7 nitrogen and oxygen atoms in total. The summed E-state index contributed by atoms with van der Waals surface area (Å²) in [5.41, 5.74) is 2.90. The Balaban J connectivity index is 1.40. The van der Waals surface area contributed by atoms with Gasteiger partial charge in [-0.2, -0.15) is 0 Å². The third kappa shape index (κ3) is 5.87. The van der Waals surface area contributed by atoms with Crippen molar-refractivity contribution in [3.05, 3.63) is 34.9 Å². The number of piperazine rings is 1. The summed E-state index contributed by atoms with van der Waals surface area (Å²) in [5.74, 6) is 0.104. The fourth-order valence-corrected chi connectivity index (χ4v) is 3.69. The predicted octanol–water partition coefficient (Wildman–Crippen LogP) is 1.27. The second-order valence-electron chi connectivity index (χ2n) is 7.87. The average Bonchev–Trinajstić information content (AvgIpc) is 2.74. The highest BCUT2D eigenvalue weighted by molar-refractivity contribution is 5.98. The van der Waals surface area contributed by atoms with Crippen LogP contribution in [-0.4, -0.2) is 91.3 Å². The molecule has 0 spiro atoms. The van der Waals surface area contributed by atoms with E-state index in [0.717, 1.165) is 24.2 Å². The number of rotatable bonds is 6. The lowest BCUT2D eigenvalue weighted by molar-refractivity contribution is -0.140. The molecule has 3 rings (SSSR count). The van der Waals surface area contributed by atoms with Gasteiger partial charge in [0.25, 0.3) is 0 Å². The van der Waals surface area contributed by atoms with Crippen LogP contribution in [0.15, 0.2) is 18.2 Å². The minimum atomic E-state index is -0.0116. The zero-order valence-electron chi connectivity index (χ0n) is 17.5. The molecule has 2 saturated heterocycles. The van der Waals surface area contributed by atoms with Gasteiger partial charge < -0.3 is 14.5 Å². The molecule has 0 N–H and O–H groups in total. The normalized spacial score (nSPS) is 18.0. The first-order valence-electron chi connectivity index (χ1n) is 10.4. The summed E-state index contributed by atoms with van der Waals surface area (Å²) in [5, 5.41) is 0. The quantitative estimate of drug-likeness (QED) is 0.672. The summed E-state index contributed by atoms with van der Waals surface area (Å²) < 4.78 is 5.31. The topological polar surface area (TPSA) is 70.2 Å². The van der Waals surface area contributed by atoms with Crippen LogP contribution in [0, 0.1) is 13.8 Å². The summed E-state index contributed by atoms with van der Waals surface area (Å²) in [4.78, 5) is 43.1. The maximum absolute atomic E-state index is 12.5. The molecule has 0 bridgehead atoms. The number of benzene rings is 1.